The van der Waals surface area contributed by atoms with Gasteiger partial charge in [0.2, 0.25) is 5.13 Å². The Morgan fingerprint density at radius 1 is 0.603 bits per heavy atom. The first kappa shape index (κ1) is 49.9. The molecule has 0 unspecified atom stereocenters. The zero-order chi connectivity index (χ0) is 47.8. The fourth-order valence-corrected chi connectivity index (χ4v) is 9.85. The van der Waals surface area contributed by atoms with Crippen LogP contribution < -0.4 is 14.9 Å². The molecule has 1 heterocycles. The van der Waals surface area contributed by atoms with E-state index < -0.39 is 35.7 Å². The van der Waals surface area contributed by atoms with Gasteiger partial charge in [0.1, 0.15) is 23.7 Å². The molecule has 0 atom stereocenters. The van der Waals surface area contributed by atoms with E-state index in [1.165, 1.54) is 17.6 Å². The van der Waals surface area contributed by atoms with Crippen LogP contribution >= 0.6 is 11.3 Å². The zero-order valence-electron chi connectivity index (χ0n) is 38.1. The number of rotatable bonds is 19. The van der Waals surface area contributed by atoms with Gasteiger partial charge in [-0.1, -0.05) is 36.6 Å². The van der Waals surface area contributed by atoms with E-state index in [0.717, 1.165) is 22.4 Å². The lowest BCUT2D eigenvalue weighted by Gasteiger charge is -2.31. The number of hydrogen-bond acceptors (Lipinski definition) is 18. The number of carbonyl (C=O) groups excluding carboxylic acids is 6. The first-order valence-corrected chi connectivity index (χ1v) is 24.3. The fourth-order valence-electron chi connectivity index (χ4n) is 9.03. The summed E-state index contributed by atoms with van der Waals surface area (Å²) < 4.78 is 45.5. The molecule has 2 aromatic carbocycles. The van der Waals surface area contributed by atoms with Gasteiger partial charge in [0.25, 0.3) is 0 Å². The van der Waals surface area contributed by atoms with Crippen molar-refractivity contribution in [2.45, 2.75) is 127 Å². The number of anilines is 1. The van der Waals surface area contributed by atoms with Gasteiger partial charge in [-0.15, -0.1) is 0 Å². The molecule has 4 fully saturated rings. The van der Waals surface area contributed by atoms with Crippen LogP contribution in [0.4, 0.5) is 5.13 Å². The molecular weight excluding hydrogens is 899 g/mol. The van der Waals surface area contributed by atoms with E-state index in [4.69, 9.17) is 37.9 Å². The lowest BCUT2D eigenvalue weighted by molar-refractivity contribution is -0.165. The van der Waals surface area contributed by atoms with Crippen LogP contribution in [0.1, 0.15) is 108 Å². The van der Waals surface area contributed by atoms with Crippen molar-refractivity contribution in [2.75, 3.05) is 19.0 Å². The summed E-state index contributed by atoms with van der Waals surface area (Å²) in [7, 11) is 0. The lowest BCUT2D eigenvalue weighted by Crippen LogP contribution is -2.33. The quantitative estimate of drug-likeness (QED) is 0.0228. The van der Waals surface area contributed by atoms with E-state index in [2.05, 4.69) is 28.7 Å². The summed E-state index contributed by atoms with van der Waals surface area (Å²) in [5.74, 6) is -3.48. The second-order valence-corrected chi connectivity index (χ2v) is 18.6. The van der Waals surface area contributed by atoms with Gasteiger partial charge in [-0.3, -0.25) is 24.6 Å². The number of fused-ring (bicyclic) bond motifs is 1. The molecule has 0 bridgehead atoms. The highest BCUT2D eigenvalue weighted by molar-refractivity contribution is 7.22. The molecule has 18 heteroatoms. The molecule has 68 heavy (non-hydrogen) atoms. The Morgan fingerprint density at radius 2 is 1.07 bits per heavy atom. The van der Waals surface area contributed by atoms with Crippen LogP contribution in [0.3, 0.4) is 0 Å². The summed E-state index contributed by atoms with van der Waals surface area (Å²) in [5.41, 5.74) is 4.16. The Balaban J connectivity index is 0.885. The molecule has 4 aliphatic rings. The second-order valence-electron chi connectivity index (χ2n) is 17.6. The second kappa shape index (κ2) is 24.9. The molecule has 4 aliphatic carbocycles. The molecule has 364 valence electrons. The van der Waals surface area contributed by atoms with Crippen molar-refractivity contribution in [2.24, 2.45) is 28.8 Å². The highest BCUT2D eigenvalue weighted by atomic mass is 32.1. The summed E-state index contributed by atoms with van der Waals surface area (Å²) in [6.45, 7) is 6.44. The number of benzene rings is 2. The maximum absolute atomic E-state index is 13.6. The normalized spacial score (nSPS) is 25.1. The zero-order valence-corrected chi connectivity index (χ0v) is 38.9. The van der Waals surface area contributed by atoms with Gasteiger partial charge in [-0.25, -0.2) is 14.6 Å². The lowest BCUT2D eigenvalue weighted by atomic mass is 9.82. The predicted octanol–water partition coefficient (Wildman–Crippen LogP) is 8.28. The number of hydrazone groups is 1. The summed E-state index contributed by atoms with van der Waals surface area (Å²) >= 11 is 1.43. The molecule has 3 aromatic rings. The van der Waals surface area contributed by atoms with E-state index in [-0.39, 0.29) is 73.3 Å². The molecule has 1 N–H and O–H groups in total. The van der Waals surface area contributed by atoms with Crippen LogP contribution in [-0.2, 0) is 57.2 Å². The topological polar surface area (TPSA) is 214 Å². The predicted molar refractivity (Wildman–Crippen MR) is 248 cm³/mol. The van der Waals surface area contributed by atoms with Crippen molar-refractivity contribution >= 4 is 68.7 Å². The first-order chi connectivity index (χ1) is 33.0. The smallest absolute Gasteiger partial charge is 0.332 e. The molecular formula is C50H59N3O14S. The number of para-hydroxylation sites is 1. The maximum atomic E-state index is 13.6. The third kappa shape index (κ3) is 14.5. The standard InChI is InChI=1S/C50H59N3O14S/c1-3-44(54)62-29-60-36-17-21-38(22-18-36)64-46(56)31-9-11-33(12-10-31)48(58)66-40-25-26-42(35(27-40)28-51-53-50-52-41-7-5-6-8-43(41)68-50)67-49(59)34-15-13-32(14-16-34)47(57)65-39-23-19-37(20-24-39)61-30-63-45(55)4-2/h3-8,25-28,31-34,36-39H,1-2,9-24,29-30H2,(H,52,53)/b51-28+. The van der Waals surface area contributed by atoms with Crippen molar-refractivity contribution < 1.29 is 66.7 Å². The molecule has 0 spiro atoms. The summed E-state index contributed by atoms with van der Waals surface area (Å²) in [6, 6.07) is 12.4. The van der Waals surface area contributed by atoms with Crippen molar-refractivity contribution in [3.63, 3.8) is 0 Å². The molecule has 0 amide bonds. The van der Waals surface area contributed by atoms with Gasteiger partial charge in [-0.05, 0) is 133 Å². The van der Waals surface area contributed by atoms with Gasteiger partial charge >= 0.3 is 35.8 Å². The van der Waals surface area contributed by atoms with Crippen molar-refractivity contribution in [1.82, 2.24) is 4.98 Å². The van der Waals surface area contributed by atoms with Gasteiger partial charge in [0.15, 0.2) is 13.6 Å². The Hall–Kier alpha value is -5.98. The van der Waals surface area contributed by atoms with Crippen molar-refractivity contribution in [1.29, 1.82) is 0 Å². The summed E-state index contributed by atoms with van der Waals surface area (Å²) in [5, 5.41) is 4.95. The summed E-state index contributed by atoms with van der Waals surface area (Å²) in [6.07, 6.45) is 12.2. The Morgan fingerprint density at radius 3 is 1.57 bits per heavy atom. The number of thiazole rings is 1. The average molecular weight is 958 g/mol. The largest absolute Gasteiger partial charge is 0.462 e. The molecule has 17 nitrogen and oxygen atoms in total. The molecule has 0 radical (unpaired) electrons. The fraction of sp³-hybridized carbons (Fsp3) is 0.520. The average Bonchev–Trinajstić information content (AvgIpc) is 3.78. The monoisotopic (exact) mass is 957 g/mol. The van der Waals surface area contributed by atoms with Gasteiger partial charge in [0.05, 0.1) is 52.3 Å². The van der Waals surface area contributed by atoms with Crippen molar-refractivity contribution in [3.05, 3.63) is 73.3 Å². The Kier molecular flexibility index (Phi) is 18.3. The van der Waals surface area contributed by atoms with E-state index in [1.807, 2.05) is 24.3 Å². The van der Waals surface area contributed by atoms with Gasteiger partial charge < -0.3 is 37.9 Å². The Labute approximate surface area is 398 Å². The minimum Gasteiger partial charge on any atom is -0.462 e. The first-order valence-electron chi connectivity index (χ1n) is 23.5. The number of hydrogen-bond donors (Lipinski definition) is 1. The summed E-state index contributed by atoms with van der Waals surface area (Å²) in [4.78, 5) is 80.4. The highest BCUT2D eigenvalue weighted by Gasteiger charge is 2.36. The number of ether oxygens (including phenoxy) is 8. The van der Waals surface area contributed by atoms with Crippen LogP contribution in [0.5, 0.6) is 11.5 Å². The Bertz CT molecular complexity index is 2250. The van der Waals surface area contributed by atoms with Crippen LogP contribution in [0.2, 0.25) is 0 Å². The van der Waals surface area contributed by atoms with E-state index in [1.54, 1.807) is 18.2 Å². The number of nitrogens with one attached hydrogen (secondary N) is 1. The van der Waals surface area contributed by atoms with Crippen LogP contribution in [0.15, 0.2) is 72.9 Å². The molecule has 0 saturated heterocycles. The maximum Gasteiger partial charge on any atom is 0.332 e. The van der Waals surface area contributed by atoms with Crippen LogP contribution in [-0.4, -0.2) is 85.0 Å². The molecule has 4 saturated carbocycles. The number of aromatic nitrogens is 1. The van der Waals surface area contributed by atoms with E-state index >= 15 is 0 Å². The van der Waals surface area contributed by atoms with Gasteiger partial charge in [0, 0.05) is 17.7 Å². The number of esters is 6. The molecule has 7 rings (SSSR count). The third-order valence-electron chi connectivity index (χ3n) is 13.0. The van der Waals surface area contributed by atoms with Crippen LogP contribution in [0.25, 0.3) is 10.2 Å². The minimum absolute atomic E-state index is 0.0772. The van der Waals surface area contributed by atoms with E-state index in [0.29, 0.717) is 113 Å². The molecule has 0 aliphatic heterocycles. The van der Waals surface area contributed by atoms with Gasteiger partial charge in [-0.2, -0.15) is 5.10 Å². The SMILES string of the molecule is C=CC(=O)OCOC1CCC(OC(=O)C2CCC(C(=O)Oc3ccc(OC(=O)C4CCC(C(=O)OC5CCC(OCOC(=O)C=C)CC5)CC4)c(/C=N/Nc4nc5ccccc5s4)c3)CC2)CC1. The van der Waals surface area contributed by atoms with Crippen LogP contribution in [0, 0.1) is 23.7 Å². The highest BCUT2D eigenvalue weighted by Crippen LogP contribution is 2.36. The minimum atomic E-state index is -0.546. The molecule has 1 aromatic heterocycles. The third-order valence-corrected chi connectivity index (χ3v) is 13.9. The van der Waals surface area contributed by atoms with E-state index in [9.17, 15) is 28.8 Å². The number of carbonyl (C=O) groups is 6. The number of nitrogens with zero attached hydrogens (tertiary/aromatic N) is 2. The van der Waals surface area contributed by atoms with Crippen molar-refractivity contribution in [3.8, 4) is 11.5 Å².